The third-order valence-corrected chi connectivity index (χ3v) is 3.04. The third kappa shape index (κ3) is 2.41. The van der Waals surface area contributed by atoms with E-state index in [4.69, 9.17) is 0 Å². The number of hydrogen-bond acceptors (Lipinski definition) is 5. The van der Waals surface area contributed by atoms with Crippen molar-refractivity contribution >= 4 is 17.6 Å². The van der Waals surface area contributed by atoms with Gasteiger partial charge in [-0.1, -0.05) is 11.8 Å². The van der Waals surface area contributed by atoms with Gasteiger partial charge in [0.1, 0.15) is 5.82 Å². The van der Waals surface area contributed by atoms with E-state index < -0.39 is 0 Å². The minimum Gasteiger partial charge on any atom is -0.391 e. The highest BCUT2D eigenvalue weighted by Gasteiger charge is 2.21. The molecular weight excluding hydrogens is 210 g/mol. The molecule has 0 amide bonds. The number of aliphatic hydroxyl groups excluding tert-OH is 1. The van der Waals surface area contributed by atoms with Crippen LogP contribution in [0.2, 0.25) is 0 Å². The Balaban J connectivity index is 2.24. The Morgan fingerprint density at radius 2 is 2.33 bits per heavy atom. The summed E-state index contributed by atoms with van der Waals surface area (Å²) in [5.74, 6) is 0.934. The summed E-state index contributed by atoms with van der Waals surface area (Å²) in [6, 6.07) is 1.97. The minimum absolute atomic E-state index is 0.210. The van der Waals surface area contributed by atoms with Crippen molar-refractivity contribution in [3.8, 4) is 0 Å². The van der Waals surface area contributed by atoms with Crippen molar-refractivity contribution in [2.75, 3.05) is 24.2 Å². The van der Waals surface area contributed by atoms with Gasteiger partial charge in [-0.15, -0.1) is 0 Å². The van der Waals surface area contributed by atoms with Crippen molar-refractivity contribution in [2.45, 2.75) is 24.6 Å². The van der Waals surface area contributed by atoms with Crippen molar-refractivity contribution in [1.82, 2.24) is 9.97 Å². The molecule has 0 aliphatic carbocycles. The van der Waals surface area contributed by atoms with Gasteiger partial charge >= 0.3 is 0 Å². The van der Waals surface area contributed by atoms with E-state index in [-0.39, 0.29) is 6.10 Å². The molecule has 1 atom stereocenters. The molecule has 1 fully saturated rings. The zero-order valence-corrected chi connectivity index (χ0v) is 9.79. The molecule has 0 bridgehead atoms. The molecule has 1 unspecified atom stereocenters. The van der Waals surface area contributed by atoms with E-state index in [2.05, 4.69) is 14.9 Å². The average molecular weight is 225 g/mol. The van der Waals surface area contributed by atoms with Gasteiger partial charge < -0.3 is 10.0 Å². The van der Waals surface area contributed by atoms with Crippen molar-refractivity contribution in [1.29, 1.82) is 0 Å². The fourth-order valence-corrected chi connectivity index (χ4v) is 2.15. The lowest BCUT2D eigenvalue weighted by Crippen LogP contribution is -2.22. The molecule has 0 aromatic carbocycles. The zero-order valence-electron chi connectivity index (χ0n) is 8.97. The monoisotopic (exact) mass is 225 g/mol. The summed E-state index contributed by atoms with van der Waals surface area (Å²) < 4.78 is 0. The second kappa shape index (κ2) is 4.37. The van der Waals surface area contributed by atoms with Gasteiger partial charge in [0.15, 0.2) is 5.16 Å². The average Bonchev–Trinajstić information content (AvgIpc) is 2.64. The SMILES string of the molecule is CSc1nc(C)cc(N2CCC(O)C2)n1. The van der Waals surface area contributed by atoms with Crippen molar-refractivity contribution < 1.29 is 5.11 Å². The highest BCUT2D eigenvalue weighted by Crippen LogP contribution is 2.21. The third-order valence-electron chi connectivity index (χ3n) is 2.49. The van der Waals surface area contributed by atoms with E-state index in [0.717, 1.165) is 29.6 Å². The summed E-state index contributed by atoms with van der Waals surface area (Å²) in [7, 11) is 0. The standard InChI is InChI=1S/C10H15N3OS/c1-7-5-9(12-10(11-7)15-2)13-4-3-8(14)6-13/h5,8,14H,3-4,6H2,1-2H3. The number of nitrogens with zero attached hydrogens (tertiary/aromatic N) is 3. The van der Waals surface area contributed by atoms with E-state index >= 15 is 0 Å². The predicted octanol–water partition coefficient (Wildman–Crippen LogP) is 1.08. The van der Waals surface area contributed by atoms with Gasteiger partial charge in [-0.05, 0) is 19.6 Å². The Labute approximate surface area is 93.7 Å². The van der Waals surface area contributed by atoms with Crippen LogP contribution in [0, 0.1) is 6.92 Å². The predicted molar refractivity (Wildman–Crippen MR) is 61.4 cm³/mol. The van der Waals surface area contributed by atoms with Crippen LogP contribution >= 0.6 is 11.8 Å². The molecule has 2 heterocycles. The molecule has 5 heteroatoms. The van der Waals surface area contributed by atoms with E-state index in [1.165, 1.54) is 0 Å². The van der Waals surface area contributed by atoms with Crippen LogP contribution in [0.3, 0.4) is 0 Å². The normalized spacial score (nSPS) is 21.0. The smallest absolute Gasteiger partial charge is 0.189 e. The van der Waals surface area contributed by atoms with Gasteiger partial charge in [-0.3, -0.25) is 0 Å². The van der Waals surface area contributed by atoms with Crippen molar-refractivity contribution in [3.05, 3.63) is 11.8 Å². The van der Waals surface area contributed by atoms with E-state index in [1.807, 2.05) is 19.2 Å². The number of hydrogen-bond donors (Lipinski definition) is 1. The van der Waals surface area contributed by atoms with Crippen LogP contribution in [0.15, 0.2) is 11.2 Å². The Kier molecular flexibility index (Phi) is 3.11. The summed E-state index contributed by atoms with van der Waals surface area (Å²) in [5.41, 5.74) is 0.978. The largest absolute Gasteiger partial charge is 0.391 e. The zero-order chi connectivity index (χ0) is 10.8. The van der Waals surface area contributed by atoms with Crippen LogP contribution in [0.25, 0.3) is 0 Å². The molecule has 2 rings (SSSR count). The molecule has 1 aromatic rings. The quantitative estimate of drug-likeness (QED) is 0.603. The number of rotatable bonds is 2. The topological polar surface area (TPSA) is 49.2 Å². The maximum atomic E-state index is 9.47. The van der Waals surface area contributed by atoms with Gasteiger partial charge in [0.2, 0.25) is 0 Å². The van der Waals surface area contributed by atoms with Gasteiger partial charge in [0.05, 0.1) is 6.10 Å². The maximum absolute atomic E-state index is 9.47. The van der Waals surface area contributed by atoms with Gasteiger partial charge in [-0.25, -0.2) is 9.97 Å². The van der Waals surface area contributed by atoms with E-state index in [9.17, 15) is 5.11 Å². The second-order valence-corrected chi connectivity index (χ2v) is 4.52. The molecule has 1 aliphatic heterocycles. The van der Waals surface area contributed by atoms with Crippen LogP contribution in [-0.2, 0) is 0 Å². The first-order valence-corrected chi connectivity index (χ1v) is 6.24. The van der Waals surface area contributed by atoms with Crippen LogP contribution in [0.4, 0.5) is 5.82 Å². The fourth-order valence-electron chi connectivity index (χ4n) is 1.73. The van der Waals surface area contributed by atoms with Gasteiger partial charge in [-0.2, -0.15) is 0 Å². The van der Waals surface area contributed by atoms with Crippen molar-refractivity contribution in [2.24, 2.45) is 0 Å². The molecule has 4 nitrogen and oxygen atoms in total. The molecule has 1 N–H and O–H groups in total. The first-order valence-electron chi connectivity index (χ1n) is 5.01. The fraction of sp³-hybridized carbons (Fsp3) is 0.600. The number of aryl methyl sites for hydroxylation is 1. The summed E-state index contributed by atoms with van der Waals surface area (Å²) in [6.45, 7) is 3.53. The Bertz CT molecular complexity index is 359. The molecular formula is C10H15N3OS. The van der Waals surface area contributed by atoms with Gasteiger partial charge in [0, 0.05) is 24.8 Å². The molecule has 82 valence electrons. The number of aromatic nitrogens is 2. The highest BCUT2D eigenvalue weighted by molar-refractivity contribution is 7.98. The second-order valence-electron chi connectivity index (χ2n) is 3.74. The number of anilines is 1. The lowest BCUT2D eigenvalue weighted by molar-refractivity contribution is 0.198. The highest BCUT2D eigenvalue weighted by atomic mass is 32.2. The summed E-state index contributed by atoms with van der Waals surface area (Å²) >= 11 is 1.55. The summed E-state index contributed by atoms with van der Waals surface area (Å²) in [5, 5.41) is 10.3. The van der Waals surface area contributed by atoms with Gasteiger partial charge in [0.25, 0.3) is 0 Å². The molecule has 1 saturated heterocycles. The molecule has 0 saturated carbocycles. The maximum Gasteiger partial charge on any atom is 0.189 e. The Morgan fingerprint density at radius 3 is 2.93 bits per heavy atom. The van der Waals surface area contributed by atoms with Crippen LogP contribution in [-0.4, -0.2) is 40.5 Å². The van der Waals surface area contributed by atoms with E-state index in [0.29, 0.717) is 6.54 Å². The van der Waals surface area contributed by atoms with Crippen LogP contribution in [0.1, 0.15) is 12.1 Å². The van der Waals surface area contributed by atoms with Crippen LogP contribution in [0.5, 0.6) is 0 Å². The first-order chi connectivity index (χ1) is 7.19. The first kappa shape index (κ1) is 10.7. The number of aliphatic hydroxyl groups is 1. The molecule has 1 aliphatic rings. The minimum atomic E-state index is -0.210. The Hall–Kier alpha value is -0.810. The summed E-state index contributed by atoms with van der Waals surface area (Å²) in [6.07, 6.45) is 2.59. The van der Waals surface area contributed by atoms with E-state index in [1.54, 1.807) is 11.8 Å². The number of β-amino-alcohol motifs (C(OH)–C–C–N with tert-alkyl or cyclic N) is 1. The number of thioether (sulfide) groups is 1. The molecule has 0 spiro atoms. The molecule has 15 heavy (non-hydrogen) atoms. The molecule has 1 aromatic heterocycles. The molecule has 0 radical (unpaired) electrons. The van der Waals surface area contributed by atoms with Crippen molar-refractivity contribution in [3.63, 3.8) is 0 Å². The lowest BCUT2D eigenvalue weighted by Gasteiger charge is -2.17. The Morgan fingerprint density at radius 1 is 1.53 bits per heavy atom. The van der Waals surface area contributed by atoms with Crippen LogP contribution < -0.4 is 4.90 Å². The lowest BCUT2D eigenvalue weighted by atomic mass is 10.3. The summed E-state index contributed by atoms with van der Waals surface area (Å²) in [4.78, 5) is 10.9.